The molecule has 1 saturated carbocycles. The third kappa shape index (κ3) is 3.73. The van der Waals surface area contributed by atoms with Gasteiger partial charge < -0.3 is 15.7 Å². The largest absolute Gasteiger partial charge is 0.393 e. The van der Waals surface area contributed by atoms with Crippen LogP contribution in [0, 0.1) is 11.7 Å². The molecule has 23 heavy (non-hydrogen) atoms. The fourth-order valence-corrected chi connectivity index (χ4v) is 2.82. The molecule has 0 saturated heterocycles. The molecule has 1 atom stereocenters. The van der Waals surface area contributed by atoms with Gasteiger partial charge in [0.15, 0.2) is 11.6 Å². The van der Waals surface area contributed by atoms with E-state index in [0.29, 0.717) is 18.3 Å². The van der Waals surface area contributed by atoms with Crippen molar-refractivity contribution >= 4 is 11.8 Å². The maximum atomic E-state index is 13.5. The molecule has 7 heteroatoms. The highest BCUT2D eigenvalue weighted by Gasteiger charge is 2.34. The van der Waals surface area contributed by atoms with Crippen molar-refractivity contribution in [3.63, 3.8) is 0 Å². The van der Waals surface area contributed by atoms with Crippen molar-refractivity contribution in [2.45, 2.75) is 31.4 Å². The number of nitrogens with one attached hydrogen (secondary N) is 2. The minimum Gasteiger partial charge on any atom is -0.393 e. The van der Waals surface area contributed by atoms with Gasteiger partial charge in [0.1, 0.15) is 0 Å². The van der Waals surface area contributed by atoms with Crippen molar-refractivity contribution in [2.24, 2.45) is 5.92 Å². The van der Waals surface area contributed by atoms with Crippen LogP contribution in [0.25, 0.3) is 0 Å². The van der Waals surface area contributed by atoms with Crippen molar-refractivity contribution in [3.05, 3.63) is 42.1 Å². The summed E-state index contributed by atoms with van der Waals surface area (Å²) in [5.41, 5.74) is 0.961. The number of aromatic nitrogens is 3. The summed E-state index contributed by atoms with van der Waals surface area (Å²) in [6, 6.07) is 5.83. The highest BCUT2D eigenvalue weighted by atomic mass is 19.1. The summed E-state index contributed by atoms with van der Waals surface area (Å²) in [4.78, 5) is 12.5. The molecule has 0 aliphatic heterocycles. The predicted molar refractivity (Wildman–Crippen MR) is 85.6 cm³/mol. The van der Waals surface area contributed by atoms with Crippen LogP contribution in [-0.2, 0) is 6.42 Å². The first-order valence-corrected chi connectivity index (χ1v) is 7.70. The lowest BCUT2D eigenvalue weighted by Crippen LogP contribution is -2.42. The van der Waals surface area contributed by atoms with Gasteiger partial charge in [-0.2, -0.15) is 4.98 Å². The zero-order chi connectivity index (χ0) is 16.2. The maximum Gasteiger partial charge on any atom is 0.225 e. The molecule has 3 N–H and O–H groups in total. The number of aliphatic hydroxyl groups excluding tert-OH is 1. The summed E-state index contributed by atoms with van der Waals surface area (Å²) in [5.74, 6) is 0.364. The van der Waals surface area contributed by atoms with E-state index < -0.39 is 5.82 Å². The third-order valence-corrected chi connectivity index (χ3v) is 4.17. The lowest BCUT2D eigenvalue weighted by atomic mass is 9.76. The Morgan fingerprint density at radius 2 is 2.17 bits per heavy atom. The lowest BCUT2D eigenvalue weighted by molar-refractivity contribution is 0.0340. The Morgan fingerprint density at radius 1 is 1.35 bits per heavy atom. The second-order valence-corrected chi connectivity index (χ2v) is 5.80. The van der Waals surface area contributed by atoms with E-state index in [4.69, 9.17) is 0 Å². The molecule has 122 valence electrons. The Labute approximate surface area is 134 Å². The van der Waals surface area contributed by atoms with Crippen molar-refractivity contribution < 1.29 is 9.50 Å². The second-order valence-electron chi connectivity index (χ2n) is 5.80. The van der Waals surface area contributed by atoms with Gasteiger partial charge in [-0.1, -0.05) is 6.07 Å². The molecule has 0 spiro atoms. The number of rotatable bonds is 6. The van der Waals surface area contributed by atoms with E-state index in [1.54, 1.807) is 13.2 Å². The second kappa shape index (κ2) is 6.87. The van der Waals surface area contributed by atoms with Gasteiger partial charge in [0.05, 0.1) is 12.3 Å². The zero-order valence-corrected chi connectivity index (χ0v) is 12.9. The first-order chi connectivity index (χ1) is 11.2. The van der Waals surface area contributed by atoms with Crippen LogP contribution in [0.1, 0.15) is 18.5 Å². The molecular formula is C16H20FN5O. The minimum atomic E-state index is -0.488. The highest BCUT2D eigenvalue weighted by Crippen LogP contribution is 2.33. The number of pyridine rings is 1. The maximum absolute atomic E-state index is 13.5. The molecular weight excluding hydrogens is 297 g/mol. The van der Waals surface area contributed by atoms with E-state index >= 15 is 0 Å². The van der Waals surface area contributed by atoms with E-state index in [1.807, 2.05) is 18.2 Å². The number of halogens is 1. The van der Waals surface area contributed by atoms with Crippen molar-refractivity contribution in [1.29, 1.82) is 0 Å². The molecule has 1 aliphatic carbocycles. The van der Waals surface area contributed by atoms with Crippen LogP contribution >= 0.6 is 0 Å². The molecule has 0 amide bonds. The van der Waals surface area contributed by atoms with Crippen LogP contribution in [0.5, 0.6) is 0 Å². The summed E-state index contributed by atoms with van der Waals surface area (Å²) in [5, 5.41) is 15.6. The van der Waals surface area contributed by atoms with Crippen molar-refractivity contribution in [2.75, 3.05) is 17.7 Å². The average Bonchev–Trinajstić information content (AvgIpc) is 2.54. The van der Waals surface area contributed by atoms with Gasteiger partial charge in [-0.15, -0.1) is 0 Å². The lowest BCUT2D eigenvalue weighted by Gasteiger charge is -2.38. The molecule has 2 heterocycles. The summed E-state index contributed by atoms with van der Waals surface area (Å²) in [7, 11) is 1.61. The fraction of sp³-hybridized carbons (Fsp3) is 0.438. The quantitative estimate of drug-likeness (QED) is 0.754. The number of nitrogens with zero attached hydrogens (tertiary/aromatic N) is 3. The number of aliphatic hydroxyl groups is 1. The van der Waals surface area contributed by atoms with Gasteiger partial charge in [-0.25, -0.2) is 9.37 Å². The van der Waals surface area contributed by atoms with E-state index in [1.165, 1.54) is 0 Å². The van der Waals surface area contributed by atoms with Crippen LogP contribution in [-0.4, -0.2) is 39.3 Å². The van der Waals surface area contributed by atoms with Crippen LogP contribution < -0.4 is 10.6 Å². The van der Waals surface area contributed by atoms with Crippen molar-refractivity contribution in [3.8, 4) is 0 Å². The highest BCUT2D eigenvalue weighted by molar-refractivity contribution is 5.41. The SMILES string of the molecule is CNc1nc(N[C@H](Cc2ccccn2)C2CC(O)C2)ncc1F. The molecule has 0 unspecified atom stereocenters. The standard InChI is InChI=1S/C16H20FN5O/c1-18-15-13(17)9-20-16(22-15)21-14(10-6-12(23)7-10)8-11-4-2-3-5-19-11/h2-5,9-10,12,14,23H,6-8H2,1H3,(H2,18,20,21,22)/t10?,12?,14-/m1/s1. The van der Waals surface area contributed by atoms with E-state index in [9.17, 15) is 9.50 Å². The summed E-state index contributed by atoms with van der Waals surface area (Å²) >= 11 is 0. The monoisotopic (exact) mass is 317 g/mol. The molecule has 3 rings (SSSR count). The number of hydrogen-bond donors (Lipinski definition) is 3. The number of anilines is 2. The van der Waals surface area contributed by atoms with Crippen LogP contribution in [0.15, 0.2) is 30.6 Å². The Morgan fingerprint density at radius 3 is 2.83 bits per heavy atom. The molecule has 1 fully saturated rings. The van der Waals surface area contributed by atoms with Gasteiger partial charge in [-0.3, -0.25) is 4.98 Å². The van der Waals surface area contributed by atoms with Gasteiger partial charge in [0, 0.05) is 31.4 Å². The third-order valence-electron chi connectivity index (χ3n) is 4.17. The topological polar surface area (TPSA) is 83.0 Å². The fourth-order valence-electron chi connectivity index (χ4n) is 2.82. The van der Waals surface area contributed by atoms with Crippen molar-refractivity contribution in [1.82, 2.24) is 15.0 Å². The molecule has 2 aromatic rings. The van der Waals surface area contributed by atoms with Gasteiger partial charge in [-0.05, 0) is 30.9 Å². The first-order valence-electron chi connectivity index (χ1n) is 7.70. The Balaban J connectivity index is 1.75. The normalized spacial score (nSPS) is 21.3. The zero-order valence-electron chi connectivity index (χ0n) is 12.9. The van der Waals surface area contributed by atoms with E-state index in [0.717, 1.165) is 24.7 Å². The molecule has 0 radical (unpaired) electrons. The van der Waals surface area contributed by atoms with E-state index in [-0.39, 0.29) is 18.0 Å². The first kappa shape index (κ1) is 15.6. The minimum absolute atomic E-state index is 0.0449. The van der Waals surface area contributed by atoms with Gasteiger partial charge in [0.2, 0.25) is 5.95 Å². The summed E-state index contributed by atoms with van der Waals surface area (Å²) in [6.45, 7) is 0. The van der Waals surface area contributed by atoms with Crippen LogP contribution in [0.3, 0.4) is 0 Å². The molecule has 0 aromatic carbocycles. The van der Waals surface area contributed by atoms with E-state index in [2.05, 4.69) is 25.6 Å². The molecule has 1 aliphatic rings. The Hall–Kier alpha value is -2.28. The van der Waals surface area contributed by atoms with Crippen LogP contribution in [0.2, 0.25) is 0 Å². The van der Waals surface area contributed by atoms with Gasteiger partial charge >= 0.3 is 0 Å². The van der Waals surface area contributed by atoms with Gasteiger partial charge in [0.25, 0.3) is 0 Å². The predicted octanol–water partition coefficient (Wildman–Crippen LogP) is 1.85. The molecule has 2 aromatic heterocycles. The Bertz CT molecular complexity index is 648. The summed E-state index contributed by atoms with van der Waals surface area (Å²) in [6.07, 6.45) is 4.85. The molecule has 0 bridgehead atoms. The Kier molecular flexibility index (Phi) is 4.66. The molecule has 6 nitrogen and oxygen atoms in total. The van der Waals surface area contributed by atoms with Crippen LogP contribution in [0.4, 0.5) is 16.2 Å². The summed E-state index contributed by atoms with van der Waals surface area (Å²) < 4.78 is 13.5. The number of hydrogen-bond acceptors (Lipinski definition) is 6. The smallest absolute Gasteiger partial charge is 0.225 e. The average molecular weight is 317 g/mol.